The van der Waals surface area contributed by atoms with Crippen LogP contribution in [0.2, 0.25) is 0 Å². The Hall–Kier alpha value is -3.55. The second kappa shape index (κ2) is 10.2. The SMILES string of the molecule is C/C=C(/C)C(=O)O[C@H]1c2cc3c(c(OC)c2-c2c(cc(OC)c(OC)c2OC)C[C@@H](C)[C@H]1C)OCO3. The molecule has 2 aromatic carbocycles. The van der Waals surface area contributed by atoms with E-state index in [1.54, 1.807) is 41.4 Å². The minimum atomic E-state index is -0.577. The fourth-order valence-corrected chi connectivity index (χ4v) is 4.96. The number of fused-ring (bicyclic) bond motifs is 4. The summed E-state index contributed by atoms with van der Waals surface area (Å²) >= 11 is 0. The first-order chi connectivity index (χ1) is 17.3. The van der Waals surface area contributed by atoms with Crippen molar-refractivity contribution in [2.45, 2.75) is 40.2 Å². The molecule has 0 aromatic heterocycles. The molecular formula is C28H34O8. The second-order valence-corrected chi connectivity index (χ2v) is 9.13. The Balaban J connectivity index is 2.12. The van der Waals surface area contributed by atoms with Crippen molar-refractivity contribution in [1.29, 1.82) is 0 Å². The fraction of sp³-hybridized carbons (Fsp3) is 0.464. The molecule has 1 aliphatic carbocycles. The van der Waals surface area contributed by atoms with Crippen LogP contribution in [0.4, 0.5) is 0 Å². The molecule has 8 nitrogen and oxygen atoms in total. The minimum absolute atomic E-state index is 0.0327. The van der Waals surface area contributed by atoms with Gasteiger partial charge in [-0.25, -0.2) is 4.79 Å². The highest BCUT2D eigenvalue weighted by Gasteiger charge is 2.40. The van der Waals surface area contributed by atoms with Gasteiger partial charge >= 0.3 is 5.97 Å². The summed E-state index contributed by atoms with van der Waals surface area (Å²) < 4.78 is 41.0. The Kier molecular flexibility index (Phi) is 7.24. The zero-order chi connectivity index (χ0) is 26.1. The van der Waals surface area contributed by atoms with Crippen molar-refractivity contribution in [2.75, 3.05) is 35.2 Å². The normalized spacial score (nSPS) is 20.4. The summed E-state index contributed by atoms with van der Waals surface area (Å²) in [6, 6.07) is 3.86. The van der Waals surface area contributed by atoms with Crippen molar-refractivity contribution in [3.8, 4) is 45.6 Å². The van der Waals surface area contributed by atoms with Crippen LogP contribution in [-0.4, -0.2) is 41.2 Å². The van der Waals surface area contributed by atoms with Crippen LogP contribution < -0.4 is 28.4 Å². The zero-order valence-electron chi connectivity index (χ0n) is 22.1. The van der Waals surface area contributed by atoms with Crippen molar-refractivity contribution in [1.82, 2.24) is 0 Å². The zero-order valence-corrected chi connectivity index (χ0v) is 22.1. The number of hydrogen-bond donors (Lipinski definition) is 0. The number of methoxy groups -OCH3 is 4. The van der Waals surface area contributed by atoms with Gasteiger partial charge in [0, 0.05) is 28.2 Å². The van der Waals surface area contributed by atoms with Crippen LogP contribution in [0.15, 0.2) is 23.8 Å². The number of carbonyl (C=O) groups excluding carboxylic acids is 1. The number of allylic oxidation sites excluding steroid dienone is 1. The van der Waals surface area contributed by atoms with Crippen LogP contribution in [0.25, 0.3) is 11.1 Å². The molecule has 8 heteroatoms. The summed E-state index contributed by atoms with van der Waals surface area (Å²) in [6.07, 6.45) is 1.85. The standard InChI is InChI=1S/C28H34O8/c1-9-14(2)28(29)36-23-16(4)15(3)10-17-11-19(30-5)24(31-6)26(32-7)21(17)22-18(23)12-20-25(27(22)33-8)35-13-34-20/h9,11-12,15-16,23H,10,13H2,1-8H3/b14-9-/t15-,16-,23-/m1/s1. The van der Waals surface area contributed by atoms with E-state index in [0.717, 1.165) is 16.7 Å². The number of ether oxygens (including phenoxy) is 7. The van der Waals surface area contributed by atoms with Gasteiger partial charge in [0.2, 0.25) is 18.3 Å². The lowest BCUT2D eigenvalue weighted by atomic mass is 9.75. The maximum atomic E-state index is 13.0. The number of benzene rings is 2. The third kappa shape index (κ3) is 4.08. The summed E-state index contributed by atoms with van der Waals surface area (Å²) in [5.74, 6) is 2.79. The van der Waals surface area contributed by atoms with Gasteiger partial charge in [-0.2, -0.15) is 0 Å². The largest absolute Gasteiger partial charge is 0.493 e. The smallest absolute Gasteiger partial charge is 0.333 e. The molecular weight excluding hydrogens is 464 g/mol. The van der Waals surface area contributed by atoms with E-state index in [1.807, 2.05) is 19.1 Å². The number of carbonyl (C=O) groups is 1. The summed E-state index contributed by atoms with van der Waals surface area (Å²) in [4.78, 5) is 13.0. The van der Waals surface area contributed by atoms with Crippen molar-refractivity contribution in [3.05, 3.63) is 34.9 Å². The maximum absolute atomic E-state index is 13.0. The van der Waals surface area contributed by atoms with Gasteiger partial charge in [-0.15, -0.1) is 0 Å². The van der Waals surface area contributed by atoms with E-state index in [2.05, 4.69) is 13.8 Å². The molecule has 0 fully saturated rings. The van der Waals surface area contributed by atoms with Gasteiger partial charge in [-0.1, -0.05) is 19.9 Å². The number of hydrogen-bond acceptors (Lipinski definition) is 8. The van der Waals surface area contributed by atoms with Gasteiger partial charge in [0.25, 0.3) is 0 Å². The highest BCUT2D eigenvalue weighted by atomic mass is 16.7. The average molecular weight is 499 g/mol. The Morgan fingerprint density at radius 3 is 2.25 bits per heavy atom. The Morgan fingerprint density at radius 1 is 0.944 bits per heavy atom. The molecule has 0 radical (unpaired) electrons. The van der Waals surface area contributed by atoms with E-state index in [4.69, 9.17) is 33.2 Å². The third-order valence-electron chi connectivity index (χ3n) is 7.23. The Bertz CT molecular complexity index is 1200. The first-order valence-electron chi connectivity index (χ1n) is 12.0. The molecule has 1 aliphatic heterocycles. The van der Waals surface area contributed by atoms with Crippen LogP contribution in [-0.2, 0) is 16.0 Å². The van der Waals surface area contributed by atoms with Crippen LogP contribution in [0.1, 0.15) is 44.9 Å². The Morgan fingerprint density at radius 2 is 1.64 bits per heavy atom. The lowest BCUT2D eigenvalue weighted by Gasteiger charge is -2.35. The molecule has 36 heavy (non-hydrogen) atoms. The minimum Gasteiger partial charge on any atom is -0.493 e. The van der Waals surface area contributed by atoms with E-state index < -0.39 is 6.10 Å². The van der Waals surface area contributed by atoms with E-state index >= 15 is 0 Å². The number of esters is 1. The van der Waals surface area contributed by atoms with Gasteiger partial charge in [-0.05, 0) is 43.9 Å². The first kappa shape index (κ1) is 25.5. The van der Waals surface area contributed by atoms with Crippen LogP contribution >= 0.6 is 0 Å². The van der Waals surface area contributed by atoms with Crippen LogP contribution in [0, 0.1) is 11.8 Å². The predicted octanol–water partition coefficient (Wildman–Crippen LogP) is 5.50. The van der Waals surface area contributed by atoms with Gasteiger partial charge < -0.3 is 33.2 Å². The molecule has 4 rings (SSSR count). The number of rotatable bonds is 6. The average Bonchev–Trinajstić information content (AvgIpc) is 3.36. The molecule has 3 atom stereocenters. The fourth-order valence-electron chi connectivity index (χ4n) is 4.96. The second-order valence-electron chi connectivity index (χ2n) is 9.13. The summed E-state index contributed by atoms with van der Waals surface area (Å²) in [7, 11) is 6.35. The van der Waals surface area contributed by atoms with Crippen LogP contribution in [0.3, 0.4) is 0 Å². The van der Waals surface area contributed by atoms with Crippen molar-refractivity contribution in [3.63, 3.8) is 0 Å². The van der Waals surface area contributed by atoms with E-state index in [9.17, 15) is 4.79 Å². The van der Waals surface area contributed by atoms with E-state index in [1.165, 1.54) is 0 Å². The van der Waals surface area contributed by atoms with Gasteiger partial charge in [0.05, 0.1) is 28.4 Å². The highest BCUT2D eigenvalue weighted by molar-refractivity contribution is 5.90. The van der Waals surface area contributed by atoms with Crippen LogP contribution in [0.5, 0.6) is 34.5 Å². The summed E-state index contributed by atoms with van der Waals surface area (Å²) in [5.41, 5.74) is 3.78. The van der Waals surface area contributed by atoms with Gasteiger partial charge in [0.1, 0.15) is 6.10 Å². The molecule has 1 heterocycles. The topological polar surface area (TPSA) is 81.7 Å². The molecule has 0 N–H and O–H groups in total. The van der Waals surface area contributed by atoms with Crippen molar-refractivity contribution >= 4 is 5.97 Å². The van der Waals surface area contributed by atoms with E-state index in [0.29, 0.717) is 52.1 Å². The first-order valence-corrected chi connectivity index (χ1v) is 12.0. The van der Waals surface area contributed by atoms with Gasteiger partial charge in [-0.3, -0.25) is 0 Å². The third-order valence-corrected chi connectivity index (χ3v) is 7.23. The van der Waals surface area contributed by atoms with Crippen molar-refractivity contribution in [2.24, 2.45) is 11.8 Å². The summed E-state index contributed by atoms with van der Waals surface area (Å²) in [5, 5.41) is 0. The predicted molar refractivity (Wildman–Crippen MR) is 135 cm³/mol. The maximum Gasteiger partial charge on any atom is 0.333 e. The van der Waals surface area contributed by atoms with E-state index in [-0.39, 0.29) is 24.6 Å². The molecule has 2 aliphatic rings. The molecule has 0 saturated carbocycles. The molecule has 0 saturated heterocycles. The highest BCUT2D eigenvalue weighted by Crippen LogP contribution is 2.58. The molecule has 194 valence electrons. The molecule has 0 unspecified atom stereocenters. The molecule has 0 amide bonds. The van der Waals surface area contributed by atoms with Crippen molar-refractivity contribution < 1.29 is 38.0 Å². The molecule has 2 aromatic rings. The quantitative estimate of drug-likeness (QED) is 0.382. The lowest BCUT2D eigenvalue weighted by molar-refractivity contribution is -0.148. The summed E-state index contributed by atoms with van der Waals surface area (Å²) in [6.45, 7) is 7.87. The molecule has 0 spiro atoms. The molecule has 0 bridgehead atoms. The monoisotopic (exact) mass is 498 g/mol. The lowest BCUT2D eigenvalue weighted by Crippen LogP contribution is -2.27. The Labute approximate surface area is 212 Å². The van der Waals surface area contributed by atoms with Gasteiger partial charge in [0.15, 0.2) is 23.0 Å².